The van der Waals surface area contributed by atoms with E-state index in [0.717, 1.165) is 16.7 Å². The largest absolute Gasteiger partial charge is 0.472 e. The first-order valence-electron chi connectivity index (χ1n) is 15.0. The first-order chi connectivity index (χ1) is 19.8. The molecular weight excluding hydrogens is 540 g/mol. The molecule has 9 nitrogen and oxygen atoms in total. The average Bonchev–Trinajstić information content (AvgIpc) is 3.64. The molecule has 1 aromatic heterocycles. The lowest BCUT2D eigenvalue weighted by molar-refractivity contribution is -0.255. The normalized spacial score (nSPS) is 44.5. The lowest BCUT2D eigenvalue weighted by Crippen LogP contribution is -2.72. The van der Waals surface area contributed by atoms with Crippen molar-refractivity contribution in [2.45, 2.75) is 104 Å². The van der Waals surface area contributed by atoms with E-state index >= 15 is 0 Å². The minimum atomic E-state index is -0.912. The highest BCUT2D eigenvalue weighted by molar-refractivity contribution is 5.88. The number of furan rings is 1. The maximum absolute atomic E-state index is 13.7. The third-order valence-electron chi connectivity index (χ3n) is 11.7. The first kappa shape index (κ1) is 29.2. The van der Waals surface area contributed by atoms with Crippen molar-refractivity contribution in [2.75, 3.05) is 6.61 Å². The van der Waals surface area contributed by atoms with Gasteiger partial charge in [-0.15, -0.1) is 0 Å². The van der Waals surface area contributed by atoms with E-state index in [0.29, 0.717) is 12.0 Å². The second-order valence-electron chi connectivity index (χ2n) is 13.7. The number of aliphatic hydroxyl groups is 1. The van der Waals surface area contributed by atoms with E-state index in [4.69, 9.17) is 23.4 Å². The summed E-state index contributed by atoms with van der Waals surface area (Å²) in [5.41, 5.74) is 1.03. The fraction of sp³-hybridized carbons (Fsp3) is 0.667. The smallest absolute Gasteiger partial charge is 0.333 e. The van der Waals surface area contributed by atoms with Crippen LogP contribution in [-0.4, -0.2) is 60.1 Å². The first-order valence-corrected chi connectivity index (χ1v) is 15.0. The van der Waals surface area contributed by atoms with E-state index in [1.807, 2.05) is 13.0 Å². The number of hydrogen-bond acceptors (Lipinski definition) is 9. The van der Waals surface area contributed by atoms with E-state index in [9.17, 15) is 19.5 Å². The maximum atomic E-state index is 13.7. The molecule has 2 saturated carbocycles. The molecule has 9 heteroatoms. The van der Waals surface area contributed by atoms with Crippen LogP contribution in [0.2, 0.25) is 0 Å². The Labute approximate surface area is 246 Å². The highest BCUT2D eigenvalue weighted by Crippen LogP contribution is 2.72. The topological polar surface area (TPSA) is 122 Å². The molecule has 0 amide bonds. The van der Waals surface area contributed by atoms with Gasteiger partial charge in [0.05, 0.1) is 31.3 Å². The number of aliphatic hydroxyl groups excluding tert-OH is 1. The molecule has 0 aromatic carbocycles. The van der Waals surface area contributed by atoms with E-state index in [-0.39, 0.29) is 37.3 Å². The Morgan fingerprint density at radius 2 is 1.88 bits per heavy atom. The molecule has 11 atom stereocenters. The van der Waals surface area contributed by atoms with Crippen molar-refractivity contribution in [3.8, 4) is 0 Å². The number of esters is 3. The summed E-state index contributed by atoms with van der Waals surface area (Å²) in [5, 5.41) is 11.5. The zero-order valence-electron chi connectivity index (χ0n) is 25.5. The van der Waals surface area contributed by atoms with Gasteiger partial charge in [-0.25, -0.2) is 4.79 Å². The van der Waals surface area contributed by atoms with Gasteiger partial charge in [-0.05, 0) is 50.3 Å². The summed E-state index contributed by atoms with van der Waals surface area (Å²) < 4.78 is 30.7. The maximum Gasteiger partial charge on any atom is 0.333 e. The Kier molecular flexibility index (Phi) is 6.81. The van der Waals surface area contributed by atoms with Crippen molar-refractivity contribution >= 4 is 17.9 Å². The van der Waals surface area contributed by atoms with Crippen molar-refractivity contribution in [1.82, 2.24) is 0 Å². The van der Waals surface area contributed by atoms with Crippen molar-refractivity contribution in [3.63, 3.8) is 0 Å². The molecule has 42 heavy (non-hydrogen) atoms. The van der Waals surface area contributed by atoms with Crippen LogP contribution in [-0.2, 0) is 33.3 Å². The van der Waals surface area contributed by atoms with E-state index < -0.39 is 64.6 Å². The minimum Gasteiger partial charge on any atom is -0.472 e. The van der Waals surface area contributed by atoms with E-state index in [1.54, 1.807) is 32.4 Å². The van der Waals surface area contributed by atoms with Crippen LogP contribution in [0.25, 0.3) is 0 Å². The summed E-state index contributed by atoms with van der Waals surface area (Å²) in [6, 6.07) is 1.93. The quantitative estimate of drug-likeness (QED) is 0.234. The fourth-order valence-corrected chi connectivity index (χ4v) is 9.75. The molecule has 5 aliphatic rings. The second-order valence-corrected chi connectivity index (χ2v) is 13.7. The number of carbonyl (C=O) groups excluding carboxylic acids is 3. The molecule has 3 aliphatic carbocycles. The average molecular weight is 583 g/mol. The molecule has 2 aliphatic heterocycles. The van der Waals surface area contributed by atoms with Crippen LogP contribution in [0.4, 0.5) is 0 Å². The van der Waals surface area contributed by atoms with Crippen LogP contribution < -0.4 is 0 Å². The standard InChI is InChI=1S/C33H42O9/c1-8-16(2)30(37)42-29-27-28-31(5,15-39-27)23(35)13-24(40-18(4)34)32(28,6)22-12-25(36)41-21-11-20(19-9-10-38-14-19)17(3)26(21)33(22,29)7/h8-10,14,20-24,27-29,35H,11-13,15H2,1-7H3/b16-8+/t20-,21+,22-,23?,24+,27?,28?,29-,31-,32+,33-/m1/s1. The Morgan fingerprint density at radius 3 is 2.52 bits per heavy atom. The van der Waals surface area contributed by atoms with Crippen LogP contribution in [0.5, 0.6) is 0 Å². The van der Waals surface area contributed by atoms with Crippen LogP contribution in [0, 0.1) is 28.1 Å². The van der Waals surface area contributed by atoms with Gasteiger partial charge in [-0.1, -0.05) is 32.4 Å². The van der Waals surface area contributed by atoms with Gasteiger partial charge in [0.25, 0.3) is 0 Å². The monoisotopic (exact) mass is 582 g/mol. The van der Waals surface area contributed by atoms with E-state index in [2.05, 4.69) is 20.8 Å². The Bertz CT molecular complexity index is 1360. The van der Waals surface area contributed by atoms with Crippen LogP contribution in [0.15, 0.2) is 45.8 Å². The van der Waals surface area contributed by atoms with Gasteiger partial charge in [-0.3, -0.25) is 9.59 Å². The highest BCUT2D eigenvalue weighted by Gasteiger charge is 2.77. The Morgan fingerprint density at radius 1 is 1.14 bits per heavy atom. The second kappa shape index (κ2) is 9.81. The van der Waals surface area contributed by atoms with Gasteiger partial charge in [0.1, 0.15) is 18.3 Å². The van der Waals surface area contributed by atoms with Gasteiger partial charge in [0.2, 0.25) is 0 Å². The van der Waals surface area contributed by atoms with Crippen molar-refractivity contribution in [3.05, 3.63) is 47.0 Å². The van der Waals surface area contributed by atoms with Gasteiger partial charge in [0, 0.05) is 53.4 Å². The molecule has 1 N–H and O–H groups in total. The summed E-state index contributed by atoms with van der Waals surface area (Å²) in [5.74, 6) is -2.09. The predicted molar refractivity (Wildman–Crippen MR) is 150 cm³/mol. The van der Waals surface area contributed by atoms with Crippen LogP contribution in [0.1, 0.15) is 79.2 Å². The lowest BCUT2D eigenvalue weighted by Gasteiger charge is -2.66. The summed E-state index contributed by atoms with van der Waals surface area (Å²) in [6.07, 6.45) is 2.51. The lowest BCUT2D eigenvalue weighted by atomic mass is 9.39. The molecule has 3 unspecified atom stereocenters. The van der Waals surface area contributed by atoms with E-state index in [1.165, 1.54) is 6.92 Å². The molecule has 4 fully saturated rings. The summed E-state index contributed by atoms with van der Waals surface area (Å²) in [4.78, 5) is 39.7. The van der Waals surface area contributed by atoms with Gasteiger partial charge < -0.3 is 28.5 Å². The third kappa shape index (κ3) is 3.85. The van der Waals surface area contributed by atoms with Gasteiger partial charge in [-0.2, -0.15) is 0 Å². The summed E-state index contributed by atoms with van der Waals surface area (Å²) in [6.45, 7) is 13.3. The molecule has 1 aromatic rings. The van der Waals surface area contributed by atoms with Gasteiger partial charge >= 0.3 is 17.9 Å². The van der Waals surface area contributed by atoms with Crippen LogP contribution in [0.3, 0.4) is 0 Å². The highest BCUT2D eigenvalue weighted by atomic mass is 16.6. The molecule has 0 spiro atoms. The van der Waals surface area contributed by atoms with Crippen molar-refractivity contribution in [1.29, 1.82) is 0 Å². The third-order valence-corrected chi connectivity index (χ3v) is 11.7. The number of hydrogen-bond donors (Lipinski definition) is 1. The molecular formula is C33H42O9. The Hall–Kier alpha value is -2.91. The van der Waals surface area contributed by atoms with Crippen LogP contribution >= 0.6 is 0 Å². The van der Waals surface area contributed by atoms with Gasteiger partial charge in [0.15, 0.2) is 0 Å². The molecule has 0 radical (unpaired) electrons. The number of fused-ring (bicyclic) bond motifs is 4. The van der Waals surface area contributed by atoms with Crippen molar-refractivity contribution in [2.24, 2.45) is 28.1 Å². The van der Waals surface area contributed by atoms with Crippen molar-refractivity contribution < 1.29 is 42.9 Å². The number of carbonyl (C=O) groups is 3. The number of ether oxygens (including phenoxy) is 4. The minimum absolute atomic E-state index is 0.0431. The SMILES string of the molecule is C/C=C(\C)C(=O)O[C@@H]1C2OC[C@]3(C)C(O)C[C@H](OC(C)=O)[C@@](C)(C23)[C@H]2CC(=O)O[C@H]3C[C@@H](c4ccoc4)C(C)=C3[C@]12C. The molecule has 228 valence electrons. The fourth-order valence-electron chi connectivity index (χ4n) is 9.75. The Balaban J connectivity index is 1.61. The number of rotatable bonds is 4. The zero-order valence-corrected chi connectivity index (χ0v) is 25.5. The predicted octanol–water partition coefficient (Wildman–Crippen LogP) is 4.64. The number of allylic oxidation sites excluding steroid dienone is 2. The molecule has 3 heterocycles. The molecule has 2 saturated heterocycles. The summed E-state index contributed by atoms with van der Waals surface area (Å²) in [7, 11) is 0. The summed E-state index contributed by atoms with van der Waals surface area (Å²) >= 11 is 0. The molecule has 0 bridgehead atoms. The molecule has 6 rings (SSSR count). The zero-order chi connectivity index (χ0) is 30.4.